The first-order valence-electron chi connectivity index (χ1n) is 22.3. The number of nitrogens with zero attached hydrogens (tertiary/aromatic N) is 1. The molecule has 19 heteroatoms. The van der Waals surface area contributed by atoms with Gasteiger partial charge in [0.05, 0.1) is 31.2 Å². The van der Waals surface area contributed by atoms with Gasteiger partial charge in [0.1, 0.15) is 54.7 Å². The average molecular weight is 909 g/mol. The minimum atomic E-state index is -1.02. The summed E-state index contributed by atoms with van der Waals surface area (Å²) in [6.07, 6.45) is 6.33. The molecule has 0 aromatic carbocycles. The van der Waals surface area contributed by atoms with Gasteiger partial charge in [-0.25, -0.2) is 4.79 Å². The molecule has 1 unspecified atom stereocenters. The van der Waals surface area contributed by atoms with E-state index in [4.69, 9.17) is 23.7 Å². The van der Waals surface area contributed by atoms with Gasteiger partial charge in [0.2, 0.25) is 29.5 Å². The Hall–Kier alpha value is -3.94. The number of allylic oxidation sites excluding steroid dienone is 1. The van der Waals surface area contributed by atoms with Gasteiger partial charge in [0, 0.05) is 20.6 Å². The summed E-state index contributed by atoms with van der Waals surface area (Å²) in [7, 11) is 1.61. The quantitative estimate of drug-likeness (QED) is 0.0564. The first kappa shape index (κ1) is 51.7. The predicted octanol–water partition coefficient (Wildman–Crippen LogP) is 2.37. The number of nitrogens with one attached hydrogen (secondary N) is 5. The van der Waals surface area contributed by atoms with Crippen molar-refractivity contribution in [2.75, 3.05) is 52.0 Å². The zero-order valence-corrected chi connectivity index (χ0v) is 39.6. The third-order valence-electron chi connectivity index (χ3n) is 12.9. The fraction of sp³-hybridized carbons (Fsp3) is 0.795. The van der Waals surface area contributed by atoms with E-state index >= 15 is 0 Å². The molecule has 1 aliphatic carbocycles. The third-order valence-corrected chi connectivity index (χ3v) is 13.5. The highest BCUT2D eigenvalue weighted by Crippen LogP contribution is 2.59. The summed E-state index contributed by atoms with van der Waals surface area (Å²) in [5.41, 5.74) is 0.354. The molecular weight excluding hydrogens is 837 g/mol. The lowest BCUT2D eigenvalue weighted by molar-refractivity contribution is -0.145. The Labute approximate surface area is 376 Å². The van der Waals surface area contributed by atoms with Crippen molar-refractivity contribution in [2.24, 2.45) is 17.8 Å². The number of alkyl carbamates (subject to hydrolysis) is 1. The molecule has 18 nitrogen and oxygen atoms in total. The van der Waals surface area contributed by atoms with Crippen LogP contribution in [0.1, 0.15) is 100 Å². The van der Waals surface area contributed by atoms with Gasteiger partial charge < -0.3 is 55.2 Å². The van der Waals surface area contributed by atoms with E-state index in [1.165, 1.54) is 29.2 Å². The van der Waals surface area contributed by atoms with Crippen LogP contribution in [-0.4, -0.2) is 152 Å². The van der Waals surface area contributed by atoms with Crippen molar-refractivity contribution in [3.05, 3.63) is 11.6 Å². The van der Waals surface area contributed by atoms with Crippen LogP contribution in [0.15, 0.2) is 11.6 Å². The van der Waals surface area contributed by atoms with E-state index in [9.17, 15) is 33.6 Å². The van der Waals surface area contributed by atoms with Crippen molar-refractivity contribution >= 4 is 53.4 Å². The van der Waals surface area contributed by atoms with E-state index in [0.717, 1.165) is 6.42 Å². The Morgan fingerprint density at radius 1 is 0.968 bits per heavy atom. The highest BCUT2D eigenvalue weighted by atomic mass is 32.2. The number of epoxide rings is 2. The predicted molar refractivity (Wildman–Crippen MR) is 235 cm³/mol. The van der Waals surface area contributed by atoms with Gasteiger partial charge in [-0.15, -0.1) is 0 Å². The zero-order chi connectivity index (χ0) is 46.6. The number of hydrogen-bond donors (Lipinski definition) is 5. The minimum absolute atomic E-state index is 0.00782. The van der Waals surface area contributed by atoms with Crippen LogP contribution in [0.5, 0.6) is 0 Å². The van der Waals surface area contributed by atoms with Crippen LogP contribution < -0.4 is 26.6 Å². The molecule has 4 aliphatic rings. The summed E-state index contributed by atoms with van der Waals surface area (Å²) in [5, 5.41) is 13.3. The normalized spacial score (nSPS) is 27.9. The van der Waals surface area contributed by atoms with Crippen LogP contribution in [0.4, 0.5) is 4.79 Å². The fourth-order valence-electron chi connectivity index (χ4n) is 8.70. The second-order valence-electron chi connectivity index (χ2n) is 18.1. The molecule has 0 bridgehead atoms. The molecule has 3 saturated heterocycles. The van der Waals surface area contributed by atoms with Crippen LogP contribution in [0.2, 0.25) is 0 Å². The average Bonchev–Trinajstić information content (AvgIpc) is 4.09. The van der Waals surface area contributed by atoms with Crippen LogP contribution in [0.3, 0.4) is 0 Å². The first-order valence-corrected chi connectivity index (χ1v) is 23.7. The van der Waals surface area contributed by atoms with Crippen molar-refractivity contribution in [1.29, 1.82) is 0 Å². The first-order chi connectivity index (χ1) is 29.8. The van der Waals surface area contributed by atoms with Crippen molar-refractivity contribution in [3.63, 3.8) is 0 Å². The van der Waals surface area contributed by atoms with Gasteiger partial charge in [-0.3, -0.25) is 28.8 Å². The van der Waals surface area contributed by atoms with Gasteiger partial charge in [-0.1, -0.05) is 45.8 Å². The molecule has 1 saturated carbocycles. The fourth-order valence-corrected chi connectivity index (χ4v) is 9.18. The highest BCUT2D eigenvalue weighted by molar-refractivity contribution is 7.98. The number of amides is 6. The molecule has 5 N–H and O–H groups in total. The van der Waals surface area contributed by atoms with Gasteiger partial charge in [-0.2, -0.15) is 11.8 Å². The number of carbonyl (C=O) groups excluding carboxylic acids is 7. The van der Waals surface area contributed by atoms with Gasteiger partial charge in [0.25, 0.3) is 0 Å². The Morgan fingerprint density at radius 3 is 2.27 bits per heavy atom. The molecule has 356 valence electrons. The maximum atomic E-state index is 13.3. The molecule has 0 aromatic rings. The van der Waals surface area contributed by atoms with E-state index in [0.29, 0.717) is 51.0 Å². The molecule has 11 atom stereocenters. The van der Waals surface area contributed by atoms with E-state index in [1.807, 2.05) is 27.0 Å². The SMILES string of the molecule is CC[C@H](C)[C@H](NC(=O)[C@@H]1CCCN1C(C)=O)C(=O)NCC(=O)N[C@@H](CCSC)C(=O)NCC(=O)OC[C@H](NC(=O)OC1CC[C@]2(CO2)[C@@H]([C@]2(C)O[C@@H]2CC=C(C)C)[C@@H]1OC)C(C)C. The van der Waals surface area contributed by atoms with Crippen LogP contribution in [-0.2, 0) is 52.5 Å². The lowest BCUT2D eigenvalue weighted by Crippen LogP contribution is -2.56. The minimum Gasteiger partial charge on any atom is -0.462 e. The molecule has 4 fully saturated rings. The molecule has 63 heavy (non-hydrogen) atoms. The smallest absolute Gasteiger partial charge is 0.407 e. The number of esters is 1. The van der Waals surface area contributed by atoms with Gasteiger partial charge in [0.15, 0.2) is 0 Å². The lowest BCUT2D eigenvalue weighted by Gasteiger charge is -2.42. The molecule has 6 amide bonds. The van der Waals surface area contributed by atoms with Crippen molar-refractivity contribution in [1.82, 2.24) is 31.5 Å². The van der Waals surface area contributed by atoms with Gasteiger partial charge >= 0.3 is 12.1 Å². The second-order valence-corrected chi connectivity index (χ2v) is 19.1. The maximum absolute atomic E-state index is 13.3. The second kappa shape index (κ2) is 23.3. The molecule has 0 aromatic heterocycles. The molecule has 4 rings (SSSR count). The lowest BCUT2D eigenvalue weighted by atomic mass is 9.68. The highest BCUT2D eigenvalue weighted by Gasteiger charge is 2.72. The summed E-state index contributed by atoms with van der Waals surface area (Å²) in [5.74, 6) is -3.27. The standard InChI is InChI=1S/C44H72N6O12S/c1-11-27(6)36(49-40(55)31-13-12-19-50(31)28(7)51)41(56)45-21-34(52)47-29(17-20-63-10)39(54)46-22-35(53)59-23-30(26(4)5)48-42(57)61-32-16-18-44(24-60-44)38(37(32)58-9)43(8)33(62-43)15-14-25(2)3/h14,26-27,29-33,36-38H,11-13,15-24H2,1-10H3,(H,45,56)(H,46,54)(H,47,52)(H,48,57)(H,49,55)/t27-,29-,30-,31-,32?,33+,36-,37+,38+,43+,44-/m0/s1. The summed E-state index contributed by atoms with van der Waals surface area (Å²) in [6.45, 7) is 14.9. The number of ether oxygens (including phenoxy) is 5. The number of likely N-dealkylation sites (tertiary alicyclic amines) is 1. The summed E-state index contributed by atoms with van der Waals surface area (Å²) < 4.78 is 29.7. The molecule has 0 radical (unpaired) electrons. The van der Waals surface area contributed by atoms with Crippen LogP contribution in [0.25, 0.3) is 0 Å². The van der Waals surface area contributed by atoms with Crippen molar-refractivity contribution in [3.8, 4) is 0 Å². The van der Waals surface area contributed by atoms with Crippen molar-refractivity contribution in [2.45, 2.75) is 154 Å². The number of hydrogen-bond acceptors (Lipinski definition) is 13. The third kappa shape index (κ3) is 14.0. The number of carbonyl (C=O) groups is 7. The van der Waals surface area contributed by atoms with Gasteiger partial charge in [-0.05, 0) is 83.1 Å². The Bertz CT molecular complexity index is 1670. The number of thioether (sulfide) groups is 1. The molecule has 3 heterocycles. The van der Waals surface area contributed by atoms with Crippen LogP contribution >= 0.6 is 11.8 Å². The summed E-state index contributed by atoms with van der Waals surface area (Å²) >= 11 is 1.46. The Balaban J connectivity index is 1.24. The molecular formula is C44H72N6O12S. The number of methoxy groups -OCH3 is 1. The van der Waals surface area contributed by atoms with E-state index in [2.05, 4.69) is 53.4 Å². The monoisotopic (exact) mass is 908 g/mol. The summed E-state index contributed by atoms with van der Waals surface area (Å²) in [6, 6.07) is -3.24. The van der Waals surface area contributed by atoms with Crippen LogP contribution in [0, 0.1) is 17.8 Å². The summed E-state index contributed by atoms with van der Waals surface area (Å²) in [4.78, 5) is 92.3. The Morgan fingerprint density at radius 2 is 1.67 bits per heavy atom. The topological polar surface area (TPSA) is 236 Å². The molecule has 1 spiro atoms. The largest absolute Gasteiger partial charge is 0.462 e. The zero-order valence-electron chi connectivity index (χ0n) is 38.8. The Kier molecular flexibility index (Phi) is 19.1. The maximum Gasteiger partial charge on any atom is 0.407 e. The van der Waals surface area contributed by atoms with E-state index in [-0.39, 0.29) is 48.4 Å². The van der Waals surface area contributed by atoms with E-state index in [1.54, 1.807) is 14.0 Å². The molecule has 3 aliphatic heterocycles. The van der Waals surface area contributed by atoms with E-state index < -0.39 is 90.8 Å². The number of rotatable bonds is 23. The van der Waals surface area contributed by atoms with Crippen molar-refractivity contribution < 1.29 is 57.2 Å².